The van der Waals surface area contributed by atoms with E-state index in [0.29, 0.717) is 0 Å². The Morgan fingerprint density at radius 2 is 2.38 bits per heavy atom. The molecule has 0 aliphatic carbocycles. The fourth-order valence-electron chi connectivity index (χ4n) is 1.00. The number of hydrogen-bond acceptors (Lipinski definition) is 4. The summed E-state index contributed by atoms with van der Waals surface area (Å²) in [7, 11) is 1.27. The summed E-state index contributed by atoms with van der Waals surface area (Å²) in [4.78, 5) is 23.4. The zero-order valence-corrected chi connectivity index (χ0v) is 8.18. The first kappa shape index (κ1) is 9.91. The van der Waals surface area contributed by atoms with E-state index >= 15 is 0 Å². The largest absolute Gasteiger partial charge is 0.468 e. The molecule has 1 fully saturated rings. The monoisotopic (exact) mass is 202 g/mol. The Morgan fingerprint density at radius 1 is 1.77 bits per heavy atom. The number of carbonyl (C=O) groups is 2. The van der Waals surface area contributed by atoms with Crippen LogP contribution < -0.4 is 5.32 Å². The van der Waals surface area contributed by atoms with Crippen molar-refractivity contribution in [2.45, 2.75) is 13.0 Å². The molecule has 1 unspecified atom stereocenters. The van der Waals surface area contributed by atoms with Gasteiger partial charge in [0.1, 0.15) is 12.6 Å². The lowest BCUT2D eigenvalue weighted by molar-refractivity contribution is -0.144. The van der Waals surface area contributed by atoms with E-state index < -0.39 is 5.97 Å². The topological polar surface area (TPSA) is 58.6 Å². The minimum atomic E-state index is -0.480. The lowest BCUT2D eigenvalue weighted by atomic mass is 10.3. The number of rotatable bonds is 2. The maximum absolute atomic E-state index is 11.3. The third-order valence-electron chi connectivity index (χ3n) is 1.74. The van der Waals surface area contributed by atoms with Gasteiger partial charge in [0.05, 0.1) is 7.11 Å². The summed E-state index contributed by atoms with van der Waals surface area (Å²) in [5.74, 6) is -0.679. The molecule has 1 aliphatic rings. The molecule has 1 atom stereocenters. The molecule has 6 heteroatoms. The molecule has 1 saturated heterocycles. The molecular formula is C7H10N2O3S. The molecule has 5 nitrogen and oxygen atoms in total. The van der Waals surface area contributed by atoms with Gasteiger partial charge < -0.3 is 10.1 Å². The maximum atomic E-state index is 11.3. The van der Waals surface area contributed by atoms with Crippen LogP contribution in [0.15, 0.2) is 0 Å². The zero-order chi connectivity index (χ0) is 10.0. The molecule has 0 saturated carbocycles. The molecule has 1 heterocycles. The Kier molecular flexibility index (Phi) is 2.82. The van der Waals surface area contributed by atoms with Crippen LogP contribution in [0.25, 0.3) is 0 Å². The molecule has 0 aromatic carbocycles. The van der Waals surface area contributed by atoms with Crippen molar-refractivity contribution >= 4 is 29.2 Å². The van der Waals surface area contributed by atoms with E-state index in [1.54, 1.807) is 6.92 Å². The molecule has 1 aliphatic heterocycles. The van der Waals surface area contributed by atoms with Crippen molar-refractivity contribution in [3.63, 3.8) is 0 Å². The van der Waals surface area contributed by atoms with Crippen molar-refractivity contribution in [3.8, 4) is 0 Å². The number of nitrogens with zero attached hydrogens (tertiary/aromatic N) is 1. The maximum Gasteiger partial charge on any atom is 0.325 e. The third-order valence-corrected chi connectivity index (χ3v) is 2.07. The van der Waals surface area contributed by atoms with Crippen LogP contribution in [-0.4, -0.2) is 41.6 Å². The summed E-state index contributed by atoms with van der Waals surface area (Å²) in [6.45, 7) is 1.57. The Labute approximate surface area is 81.0 Å². The van der Waals surface area contributed by atoms with Crippen LogP contribution in [0.2, 0.25) is 0 Å². The quantitative estimate of drug-likeness (QED) is 0.472. The number of nitrogens with one attached hydrogen (secondary N) is 1. The number of amides is 1. The summed E-state index contributed by atoms with van der Waals surface area (Å²) in [6.07, 6.45) is 0. The molecular weight excluding hydrogens is 192 g/mol. The van der Waals surface area contributed by atoms with Gasteiger partial charge in [-0.15, -0.1) is 0 Å². The molecule has 1 N–H and O–H groups in total. The highest BCUT2D eigenvalue weighted by Crippen LogP contribution is 2.05. The van der Waals surface area contributed by atoms with Gasteiger partial charge in [0.15, 0.2) is 5.11 Å². The summed E-state index contributed by atoms with van der Waals surface area (Å²) in [5.41, 5.74) is 0. The van der Waals surface area contributed by atoms with Crippen molar-refractivity contribution in [1.29, 1.82) is 0 Å². The van der Waals surface area contributed by atoms with E-state index in [9.17, 15) is 9.59 Å². The fourth-order valence-corrected chi connectivity index (χ4v) is 1.33. The molecule has 0 aromatic heterocycles. The zero-order valence-electron chi connectivity index (χ0n) is 7.36. The smallest absolute Gasteiger partial charge is 0.325 e. The van der Waals surface area contributed by atoms with E-state index in [1.165, 1.54) is 12.0 Å². The normalized spacial score (nSPS) is 21.7. The van der Waals surface area contributed by atoms with Gasteiger partial charge in [-0.25, -0.2) is 0 Å². The first-order chi connectivity index (χ1) is 6.06. The highest BCUT2D eigenvalue weighted by atomic mass is 32.1. The fraction of sp³-hybridized carbons (Fsp3) is 0.571. The molecule has 72 valence electrons. The Morgan fingerprint density at radius 3 is 2.77 bits per heavy atom. The highest BCUT2D eigenvalue weighted by Gasteiger charge is 2.33. The minimum absolute atomic E-state index is 0.120. The predicted molar refractivity (Wildman–Crippen MR) is 48.9 cm³/mol. The average molecular weight is 202 g/mol. The van der Waals surface area contributed by atoms with Gasteiger partial charge in [-0.2, -0.15) is 0 Å². The SMILES string of the molecule is COC(=O)CN1C(=O)C(C)NC1=S. The van der Waals surface area contributed by atoms with Crippen molar-refractivity contribution < 1.29 is 14.3 Å². The predicted octanol–water partition coefficient (Wildman–Crippen LogP) is -0.735. The second kappa shape index (κ2) is 3.69. The van der Waals surface area contributed by atoms with Crippen LogP contribution in [0.4, 0.5) is 0 Å². The average Bonchev–Trinajstić information content (AvgIpc) is 2.32. The number of esters is 1. The Balaban J connectivity index is 2.64. The van der Waals surface area contributed by atoms with Crippen molar-refractivity contribution in [2.75, 3.05) is 13.7 Å². The van der Waals surface area contributed by atoms with E-state index in [4.69, 9.17) is 12.2 Å². The molecule has 13 heavy (non-hydrogen) atoms. The molecule has 0 spiro atoms. The Bertz CT molecular complexity index is 266. The van der Waals surface area contributed by atoms with Crippen LogP contribution in [0.5, 0.6) is 0 Å². The van der Waals surface area contributed by atoms with Gasteiger partial charge in [-0.3, -0.25) is 14.5 Å². The van der Waals surface area contributed by atoms with Gasteiger partial charge in [0.2, 0.25) is 0 Å². The van der Waals surface area contributed by atoms with Gasteiger partial charge in [-0.1, -0.05) is 0 Å². The number of methoxy groups -OCH3 is 1. The van der Waals surface area contributed by atoms with Crippen molar-refractivity contribution in [1.82, 2.24) is 10.2 Å². The summed E-state index contributed by atoms with van der Waals surface area (Å²) >= 11 is 4.85. The molecule has 0 aromatic rings. The van der Waals surface area contributed by atoms with Gasteiger partial charge >= 0.3 is 5.97 Å². The number of carbonyl (C=O) groups excluding carboxylic acids is 2. The van der Waals surface area contributed by atoms with Crippen LogP contribution >= 0.6 is 12.2 Å². The second-order valence-electron chi connectivity index (χ2n) is 2.67. The van der Waals surface area contributed by atoms with E-state index in [-0.39, 0.29) is 23.6 Å². The van der Waals surface area contributed by atoms with Crippen LogP contribution in [0.1, 0.15) is 6.92 Å². The molecule has 0 bridgehead atoms. The standard InChI is InChI=1S/C7H10N2O3S/c1-4-6(11)9(7(13)8-4)3-5(10)12-2/h4H,3H2,1-2H3,(H,8,13). The first-order valence-electron chi connectivity index (χ1n) is 3.75. The minimum Gasteiger partial charge on any atom is -0.468 e. The van der Waals surface area contributed by atoms with Crippen LogP contribution in [-0.2, 0) is 14.3 Å². The number of hydrogen-bond donors (Lipinski definition) is 1. The lowest BCUT2D eigenvalue weighted by Gasteiger charge is -2.11. The molecule has 1 rings (SSSR count). The van der Waals surface area contributed by atoms with Crippen LogP contribution in [0.3, 0.4) is 0 Å². The lowest BCUT2D eigenvalue weighted by Crippen LogP contribution is -2.36. The van der Waals surface area contributed by atoms with Gasteiger partial charge in [0.25, 0.3) is 5.91 Å². The first-order valence-corrected chi connectivity index (χ1v) is 4.15. The summed E-state index contributed by atoms with van der Waals surface area (Å²) < 4.78 is 4.42. The van der Waals surface area contributed by atoms with E-state index in [2.05, 4.69) is 10.1 Å². The number of thiocarbonyl (C=S) groups is 1. The Hall–Kier alpha value is -1.17. The van der Waals surface area contributed by atoms with E-state index in [0.717, 1.165) is 0 Å². The number of ether oxygens (including phenoxy) is 1. The van der Waals surface area contributed by atoms with Gasteiger partial charge in [-0.05, 0) is 19.1 Å². The summed E-state index contributed by atoms with van der Waals surface area (Å²) in [5, 5.41) is 3.03. The van der Waals surface area contributed by atoms with Crippen molar-refractivity contribution in [3.05, 3.63) is 0 Å². The van der Waals surface area contributed by atoms with Crippen molar-refractivity contribution in [2.24, 2.45) is 0 Å². The molecule has 1 amide bonds. The second-order valence-corrected chi connectivity index (χ2v) is 3.06. The highest BCUT2D eigenvalue weighted by molar-refractivity contribution is 7.80. The third kappa shape index (κ3) is 1.95. The van der Waals surface area contributed by atoms with Crippen LogP contribution in [0, 0.1) is 0 Å². The summed E-state index contributed by atoms with van der Waals surface area (Å²) in [6, 6.07) is -0.350. The van der Waals surface area contributed by atoms with Gasteiger partial charge in [0, 0.05) is 0 Å². The van der Waals surface area contributed by atoms with E-state index in [1.807, 2.05) is 0 Å². The molecule has 0 radical (unpaired) electrons.